The van der Waals surface area contributed by atoms with Gasteiger partial charge in [-0.15, -0.1) is 0 Å². The molecular weight excluding hydrogens is 290 g/mol. The highest BCUT2D eigenvalue weighted by Gasteiger charge is 2.27. The van der Waals surface area contributed by atoms with Crippen molar-refractivity contribution in [2.75, 3.05) is 6.54 Å². The summed E-state index contributed by atoms with van der Waals surface area (Å²) in [4.78, 5) is 14.0. The first kappa shape index (κ1) is 15.4. The van der Waals surface area contributed by atoms with Crippen LogP contribution >= 0.6 is 0 Å². The van der Waals surface area contributed by atoms with Crippen LogP contribution in [0.5, 0.6) is 0 Å². The van der Waals surface area contributed by atoms with E-state index in [4.69, 9.17) is 10.00 Å². The van der Waals surface area contributed by atoms with Crippen molar-refractivity contribution in [3.8, 4) is 6.07 Å². The summed E-state index contributed by atoms with van der Waals surface area (Å²) in [6.07, 6.45) is 0.127. The Labute approximate surface area is 136 Å². The van der Waals surface area contributed by atoms with Crippen LogP contribution in [0.15, 0.2) is 24.3 Å². The number of aromatic nitrogens is 1. The van der Waals surface area contributed by atoms with Gasteiger partial charge in [0, 0.05) is 24.2 Å². The average molecular weight is 311 g/mol. The fraction of sp³-hybridized carbons (Fsp3) is 0.444. The highest BCUT2D eigenvalue weighted by atomic mass is 16.6. The van der Waals surface area contributed by atoms with Gasteiger partial charge in [0.2, 0.25) is 0 Å². The molecule has 1 amide bonds. The van der Waals surface area contributed by atoms with Crippen LogP contribution in [0, 0.1) is 11.3 Å². The molecule has 0 spiro atoms. The molecule has 1 aliphatic heterocycles. The molecule has 0 atom stereocenters. The van der Waals surface area contributed by atoms with Crippen LogP contribution in [0.1, 0.15) is 32.0 Å². The van der Waals surface area contributed by atoms with Crippen molar-refractivity contribution in [2.24, 2.45) is 0 Å². The molecule has 120 valence electrons. The van der Waals surface area contributed by atoms with E-state index in [0.717, 1.165) is 28.7 Å². The van der Waals surface area contributed by atoms with Gasteiger partial charge in [0.25, 0.3) is 0 Å². The molecule has 0 unspecified atom stereocenters. The Bertz CT molecular complexity index is 793. The predicted octanol–water partition coefficient (Wildman–Crippen LogP) is 3.46. The van der Waals surface area contributed by atoms with E-state index in [0.29, 0.717) is 19.5 Å². The number of benzene rings is 1. The molecule has 0 fully saturated rings. The third-order valence-corrected chi connectivity index (χ3v) is 3.96. The van der Waals surface area contributed by atoms with E-state index in [2.05, 4.69) is 22.8 Å². The van der Waals surface area contributed by atoms with Gasteiger partial charge in [-0.25, -0.2) is 4.79 Å². The second kappa shape index (κ2) is 5.62. The van der Waals surface area contributed by atoms with E-state index in [1.165, 1.54) is 0 Å². The summed E-state index contributed by atoms with van der Waals surface area (Å²) in [6, 6.07) is 10.4. The molecule has 5 heteroatoms. The minimum absolute atomic E-state index is 0.272. The van der Waals surface area contributed by atoms with Gasteiger partial charge >= 0.3 is 6.09 Å². The fourth-order valence-electron chi connectivity index (χ4n) is 3.05. The summed E-state index contributed by atoms with van der Waals surface area (Å²) < 4.78 is 7.69. The first-order valence-electron chi connectivity index (χ1n) is 7.84. The Hall–Kier alpha value is -2.48. The van der Waals surface area contributed by atoms with Crippen molar-refractivity contribution >= 4 is 17.0 Å². The van der Waals surface area contributed by atoms with Crippen LogP contribution in [0.25, 0.3) is 10.9 Å². The van der Waals surface area contributed by atoms with Crippen LogP contribution in [-0.4, -0.2) is 27.7 Å². The number of nitrogens with zero attached hydrogens (tertiary/aromatic N) is 3. The maximum absolute atomic E-state index is 12.3. The van der Waals surface area contributed by atoms with Gasteiger partial charge in [-0.1, -0.05) is 18.2 Å². The van der Waals surface area contributed by atoms with E-state index in [-0.39, 0.29) is 6.09 Å². The zero-order valence-electron chi connectivity index (χ0n) is 13.8. The summed E-state index contributed by atoms with van der Waals surface area (Å²) in [7, 11) is 0. The summed E-state index contributed by atoms with van der Waals surface area (Å²) in [5.74, 6) is 0. The van der Waals surface area contributed by atoms with Gasteiger partial charge in [-0.2, -0.15) is 5.26 Å². The van der Waals surface area contributed by atoms with Gasteiger partial charge in [-0.05, 0) is 32.4 Å². The van der Waals surface area contributed by atoms with E-state index >= 15 is 0 Å². The summed E-state index contributed by atoms with van der Waals surface area (Å²) in [5.41, 5.74) is 2.76. The maximum atomic E-state index is 12.3. The summed E-state index contributed by atoms with van der Waals surface area (Å²) >= 11 is 0. The molecule has 0 aliphatic carbocycles. The number of amides is 1. The van der Waals surface area contributed by atoms with Crippen molar-refractivity contribution in [1.29, 1.82) is 5.26 Å². The zero-order valence-corrected chi connectivity index (χ0v) is 13.8. The smallest absolute Gasteiger partial charge is 0.410 e. The maximum Gasteiger partial charge on any atom is 0.410 e. The molecule has 1 aromatic heterocycles. The number of rotatable bonds is 1. The second-order valence-electron chi connectivity index (χ2n) is 6.88. The van der Waals surface area contributed by atoms with Crippen molar-refractivity contribution in [3.63, 3.8) is 0 Å². The lowest BCUT2D eigenvalue weighted by molar-refractivity contribution is 0.0200. The van der Waals surface area contributed by atoms with Gasteiger partial charge < -0.3 is 14.2 Å². The van der Waals surface area contributed by atoms with Crippen LogP contribution in [-0.2, 0) is 24.2 Å². The van der Waals surface area contributed by atoms with Gasteiger partial charge in [0.15, 0.2) is 0 Å². The van der Waals surface area contributed by atoms with Crippen LogP contribution in [0.3, 0.4) is 0 Å². The Morgan fingerprint density at radius 1 is 1.35 bits per heavy atom. The van der Waals surface area contributed by atoms with Crippen molar-refractivity contribution in [3.05, 3.63) is 35.5 Å². The topological polar surface area (TPSA) is 58.3 Å². The number of hydrogen-bond acceptors (Lipinski definition) is 3. The highest BCUT2D eigenvalue weighted by Crippen LogP contribution is 2.28. The molecule has 23 heavy (non-hydrogen) atoms. The number of nitriles is 1. The van der Waals surface area contributed by atoms with Crippen LogP contribution < -0.4 is 0 Å². The Balaban J connectivity index is 1.91. The molecule has 0 N–H and O–H groups in total. The van der Waals surface area contributed by atoms with Crippen molar-refractivity contribution in [1.82, 2.24) is 9.47 Å². The van der Waals surface area contributed by atoms with Crippen molar-refractivity contribution in [2.45, 2.75) is 45.9 Å². The minimum atomic E-state index is -0.485. The monoisotopic (exact) mass is 311 g/mol. The Morgan fingerprint density at radius 2 is 2.13 bits per heavy atom. The van der Waals surface area contributed by atoms with E-state index in [1.54, 1.807) is 4.90 Å². The van der Waals surface area contributed by atoms with Crippen LogP contribution in [0.4, 0.5) is 4.79 Å². The molecule has 0 saturated heterocycles. The quantitative estimate of drug-likeness (QED) is 0.810. The van der Waals surface area contributed by atoms with Crippen molar-refractivity contribution < 1.29 is 9.53 Å². The first-order chi connectivity index (χ1) is 10.9. The van der Waals surface area contributed by atoms with Crippen LogP contribution in [0.2, 0.25) is 0 Å². The molecule has 2 heterocycles. The lowest BCUT2D eigenvalue weighted by Crippen LogP contribution is -2.41. The number of hydrogen-bond donors (Lipinski definition) is 0. The molecule has 0 saturated carbocycles. The summed E-state index contributed by atoms with van der Waals surface area (Å²) in [6.45, 7) is 7.50. The highest BCUT2D eigenvalue weighted by molar-refractivity contribution is 5.85. The predicted molar refractivity (Wildman–Crippen MR) is 87.9 cm³/mol. The number of fused-ring (bicyclic) bond motifs is 3. The molecule has 0 radical (unpaired) electrons. The van der Waals surface area contributed by atoms with Gasteiger partial charge in [0.05, 0.1) is 24.6 Å². The minimum Gasteiger partial charge on any atom is -0.444 e. The fourth-order valence-corrected chi connectivity index (χ4v) is 3.05. The molecule has 0 bridgehead atoms. The molecule has 3 rings (SSSR count). The zero-order chi connectivity index (χ0) is 16.6. The first-order valence-corrected chi connectivity index (χ1v) is 7.84. The second-order valence-corrected chi connectivity index (χ2v) is 6.88. The van der Waals surface area contributed by atoms with E-state index in [1.807, 2.05) is 32.9 Å². The molecule has 1 aromatic carbocycles. The molecule has 5 nitrogen and oxygen atoms in total. The largest absolute Gasteiger partial charge is 0.444 e. The van der Waals surface area contributed by atoms with Gasteiger partial charge in [0.1, 0.15) is 5.60 Å². The molecular formula is C18H21N3O2. The third-order valence-electron chi connectivity index (χ3n) is 3.96. The Morgan fingerprint density at radius 3 is 2.83 bits per heavy atom. The number of ether oxygens (including phenoxy) is 1. The number of carbonyl (C=O) groups is 1. The lowest BCUT2D eigenvalue weighted by Gasteiger charge is -2.31. The normalized spacial score (nSPS) is 14.4. The van der Waals surface area contributed by atoms with Gasteiger partial charge in [-0.3, -0.25) is 0 Å². The van der Waals surface area contributed by atoms with E-state index in [9.17, 15) is 4.79 Å². The number of carbonyl (C=O) groups excluding carboxylic acids is 1. The third kappa shape index (κ3) is 3.02. The van der Waals surface area contributed by atoms with E-state index < -0.39 is 5.60 Å². The molecule has 1 aliphatic rings. The standard InChI is InChI=1S/C18H21N3O2/c1-18(2,3)23-17(22)20-9-10-21-15(12-20)11-14-6-4-5-13(7-8-19)16(14)21/h4-6,11H,7,9-10,12H2,1-3H3. The Kier molecular flexibility index (Phi) is 3.77. The summed E-state index contributed by atoms with van der Waals surface area (Å²) in [5, 5.41) is 10.1. The molecule has 2 aromatic rings. The number of para-hydroxylation sites is 1. The SMILES string of the molecule is CC(C)(C)OC(=O)N1CCn2c(cc3cccc(CC#N)c32)C1. The lowest BCUT2D eigenvalue weighted by atomic mass is 10.1. The average Bonchev–Trinajstić information content (AvgIpc) is 2.84.